The molecular formula is C23H21N3O4. The van der Waals surface area contributed by atoms with Gasteiger partial charge in [0.25, 0.3) is 5.91 Å². The maximum absolute atomic E-state index is 13.1. The molecule has 1 aliphatic rings. The number of ketones is 1. The molecule has 3 aromatic rings. The zero-order valence-electron chi connectivity index (χ0n) is 16.6. The number of amides is 1. The summed E-state index contributed by atoms with van der Waals surface area (Å²) in [5, 5.41) is 10.7. The van der Waals surface area contributed by atoms with Crippen molar-refractivity contribution in [2.75, 3.05) is 19.0 Å². The van der Waals surface area contributed by atoms with Gasteiger partial charge in [0.2, 0.25) is 5.78 Å². The van der Waals surface area contributed by atoms with Crippen LogP contribution in [0.3, 0.4) is 0 Å². The third kappa shape index (κ3) is 3.45. The molecule has 0 radical (unpaired) electrons. The fourth-order valence-electron chi connectivity index (χ4n) is 3.58. The second kappa shape index (κ2) is 7.87. The monoisotopic (exact) mass is 403 g/mol. The second-order valence-electron chi connectivity index (χ2n) is 7.25. The van der Waals surface area contributed by atoms with E-state index in [0.29, 0.717) is 0 Å². The molecule has 0 fully saturated rings. The van der Waals surface area contributed by atoms with Crippen LogP contribution in [0.1, 0.15) is 27.7 Å². The van der Waals surface area contributed by atoms with Crippen LogP contribution >= 0.6 is 0 Å². The summed E-state index contributed by atoms with van der Waals surface area (Å²) in [5.74, 6) is -1.60. The van der Waals surface area contributed by atoms with Crippen molar-refractivity contribution in [2.24, 2.45) is 0 Å². The number of hydrogen-bond donors (Lipinski definition) is 1. The van der Waals surface area contributed by atoms with Gasteiger partial charge >= 0.3 is 0 Å². The summed E-state index contributed by atoms with van der Waals surface area (Å²) in [5.41, 5.74) is 2.50. The molecule has 7 heteroatoms. The lowest BCUT2D eigenvalue weighted by Crippen LogP contribution is -2.30. The number of nitrogens with zero attached hydrogens (tertiary/aromatic N) is 3. The molecule has 152 valence electrons. The first-order chi connectivity index (χ1) is 14.5. The number of rotatable bonds is 6. The Balaban J connectivity index is 1.78. The van der Waals surface area contributed by atoms with Crippen LogP contribution in [0.15, 0.2) is 82.9 Å². The highest BCUT2D eigenvalue weighted by Crippen LogP contribution is 2.40. The maximum Gasteiger partial charge on any atom is 0.290 e. The Labute approximate surface area is 173 Å². The number of hydrogen-bond acceptors (Lipinski definition) is 6. The lowest BCUT2D eigenvalue weighted by atomic mass is 9.94. The van der Waals surface area contributed by atoms with E-state index in [1.165, 1.54) is 17.2 Å². The van der Waals surface area contributed by atoms with Crippen LogP contribution in [-0.4, -0.2) is 40.8 Å². The first kappa shape index (κ1) is 19.4. The van der Waals surface area contributed by atoms with Crippen LogP contribution in [0, 0.1) is 0 Å². The molecule has 3 heterocycles. The molecule has 0 unspecified atom stereocenters. The highest BCUT2D eigenvalue weighted by Gasteiger charge is 2.44. The Morgan fingerprint density at radius 1 is 1.17 bits per heavy atom. The van der Waals surface area contributed by atoms with Gasteiger partial charge in [0.1, 0.15) is 0 Å². The Bertz CT molecular complexity index is 1090. The number of aromatic nitrogens is 1. The van der Waals surface area contributed by atoms with Crippen molar-refractivity contribution in [3.05, 3.63) is 95.4 Å². The van der Waals surface area contributed by atoms with E-state index < -0.39 is 23.5 Å². The number of benzene rings is 1. The molecule has 1 amide bonds. The van der Waals surface area contributed by atoms with Crippen LogP contribution in [-0.2, 0) is 11.3 Å². The van der Waals surface area contributed by atoms with E-state index in [-0.39, 0.29) is 17.9 Å². The largest absolute Gasteiger partial charge is 0.503 e. The number of aliphatic hydroxyl groups is 1. The number of carbonyl (C=O) groups excluding carboxylic acids is 2. The van der Waals surface area contributed by atoms with Gasteiger partial charge in [-0.2, -0.15) is 0 Å². The minimum absolute atomic E-state index is 0.0106. The van der Waals surface area contributed by atoms with E-state index in [1.54, 1.807) is 24.5 Å². The molecule has 30 heavy (non-hydrogen) atoms. The molecule has 1 atom stereocenters. The number of Topliss-reactive ketones (excluding diaryl/α,β-unsaturated/α-hetero) is 1. The number of furan rings is 1. The molecule has 0 aliphatic carbocycles. The minimum Gasteiger partial charge on any atom is -0.503 e. The molecule has 2 aromatic heterocycles. The first-order valence-corrected chi connectivity index (χ1v) is 9.46. The van der Waals surface area contributed by atoms with Crippen molar-refractivity contribution in [1.29, 1.82) is 0 Å². The molecule has 1 aromatic carbocycles. The van der Waals surface area contributed by atoms with E-state index in [9.17, 15) is 14.7 Å². The number of carbonyl (C=O) groups is 2. The summed E-state index contributed by atoms with van der Waals surface area (Å²) in [6, 6.07) is 13.5. The predicted octanol–water partition coefficient (Wildman–Crippen LogP) is 3.52. The predicted molar refractivity (Wildman–Crippen MR) is 111 cm³/mol. The lowest BCUT2D eigenvalue weighted by molar-refractivity contribution is -0.130. The van der Waals surface area contributed by atoms with E-state index in [2.05, 4.69) is 4.98 Å². The van der Waals surface area contributed by atoms with E-state index in [4.69, 9.17) is 4.42 Å². The Morgan fingerprint density at radius 3 is 2.53 bits per heavy atom. The SMILES string of the molecule is CN(C)c1ccc([C@@H]2C(C(=O)c3ccco3)=C(O)C(=O)N2Cc2cccnc2)cc1. The second-order valence-corrected chi connectivity index (χ2v) is 7.25. The molecule has 1 N–H and O–H groups in total. The molecule has 0 spiro atoms. The summed E-state index contributed by atoms with van der Waals surface area (Å²) in [4.78, 5) is 33.6. The van der Waals surface area contributed by atoms with Gasteiger partial charge in [0, 0.05) is 38.7 Å². The van der Waals surface area contributed by atoms with Crippen LogP contribution in [0.5, 0.6) is 0 Å². The average molecular weight is 403 g/mol. The lowest BCUT2D eigenvalue weighted by Gasteiger charge is -2.27. The zero-order valence-corrected chi connectivity index (χ0v) is 16.6. The molecule has 1 aliphatic heterocycles. The quantitative estimate of drug-likeness (QED) is 0.634. The van der Waals surface area contributed by atoms with Gasteiger partial charge in [0.05, 0.1) is 17.9 Å². The van der Waals surface area contributed by atoms with Gasteiger partial charge in [-0.05, 0) is 41.5 Å². The number of pyridine rings is 1. The van der Waals surface area contributed by atoms with Gasteiger partial charge in [-0.25, -0.2) is 0 Å². The molecule has 0 saturated heterocycles. The first-order valence-electron chi connectivity index (χ1n) is 9.46. The standard InChI is InChI=1S/C23H21N3O4/c1-25(2)17-9-7-16(8-10-17)20-19(21(27)18-6-4-12-30-18)22(28)23(29)26(20)14-15-5-3-11-24-13-15/h3-13,20,28H,14H2,1-2H3/t20-/m1/s1. The minimum atomic E-state index is -0.744. The zero-order chi connectivity index (χ0) is 21.3. The topological polar surface area (TPSA) is 86.9 Å². The van der Waals surface area contributed by atoms with Gasteiger partial charge in [0.15, 0.2) is 11.5 Å². The molecular weight excluding hydrogens is 382 g/mol. The molecule has 0 saturated carbocycles. The fourth-order valence-corrected chi connectivity index (χ4v) is 3.58. The van der Waals surface area contributed by atoms with Crippen molar-refractivity contribution >= 4 is 17.4 Å². The van der Waals surface area contributed by atoms with Crippen molar-refractivity contribution in [3.63, 3.8) is 0 Å². The van der Waals surface area contributed by atoms with Crippen LogP contribution in [0.2, 0.25) is 0 Å². The van der Waals surface area contributed by atoms with Crippen molar-refractivity contribution in [1.82, 2.24) is 9.88 Å². The number of aliphatic hydroxyl groups excluding tert-OH is 1. The van der Waals surface area contributed by atoms with Gasteiger partial charge in [-0.3, -0.25) is 14.6 Å². The van der Waals surface area contributed by atoms with Crippen molar-refractivity contribution in [2.45, 2.75) is 12.6 Å². The fraction of sp³-hybridized carbons (Fsp3) is 0.174. The third-order valence-electron chi connectivity index (χ3n) is 5.09. The third-order valence-corrected chi connectivity index (χ3v) is 5.09. The molecule has 0 bridgehead atoms. The van der Waals surface area contributed by atoms with Gasteiger partial charge in [-0.1, -0.05) is 18.2 Å². The highest BCUT2D eigenvalue weighted by atomic mass is 16.3. The molecule has 7 nitrogen and oxygen atoms in total. The van der Waals surface area contributed by atoms with Gasteiger partial charge in [-0.15, -0.1) is 0 Å². The maximum atomic E-state index is 13.1. The summed E-state index contributed by atoms with van der Waals surface area (Å²) >= 11 is 0. The summed E-state index contributed by atoms with van der Waals surface area (Å²) in [6.45, 7) is 0.200. The number of anilines is 1. The highest BCUT2D eigenvalue weighted by molar-refractivity contribution is 6.15. The van der Waals surface area contributed by atoms with Crippen LogP contribution in [0.4, 0.5) is 5.69 Å². The van der Waals surface area contributed by atoms with Crippen LogP contribution in [0.25, 0.3) is 0 Å². The normalized spacial score (nSPS) is 16.3. The van der Waals surface area contributed by atoms with Crippen molar-refractivity contribution in [3.8, 4) is 0 Å². The van der Waals surface area contributed by atoms with E-state index >= 15 is 0 Å². The summed E-state index contributed by atoms with van der Waals surface area (Å²) < 4.78 is 5.24. The van der Waals surface area contributed by atoms with Crippen LogP contribution < -0.4 is 4.90 Å². The van der Waals surface area contributed by atoms with Crippen molar-refractivity contribution < 1.29 is 19.1 Å². The Hall–Kier alpha value is -3.87. The summed E-state index contributed by atoms with van der Waals surface area (Å²) in [7, 11) is 3.86. The smallest absolute Gasteiger partial charge is 0.290 e. The van der Waals surface area contributed by atoms with Gasteiger partial charge < -0.3 is 19.3 Å². The molecule has 4 rings (SSSR count). The van der Waals surface area contributed by atoms with E-state index in [1.807, 2.05) is 49.3 Å². The summed E-state index contributed by atoms with van der Waals surface area (Å²) in [6.07, 6.45) is 4.69. The average Bonchev–Trinajstić information content (AvgIpc) is 3.37. The Kier molecular flexibility index (Phi) is 5.10. The Morgan fingerprint density at radius 2 is 1.93 bits per heavy atom. The van der Waals surface area contributed by atoms with E-state index in [0.717, 1.165) is 16.8 Å².